The molecule has 84 valence electrons. The van der Waals surface area contributed by atoms with Gasteiger partial charge in [0.25, 0.3) is 0 Å². The van der Waals surface area contributed by atoms with E-state index in [2.05, 4.69) is 0 Å². The Morgan fingerprint density at radius 1 is 1.07 bits per heavy atom. The Morgan fingerprint density at radius 3 is 2.33 bits per heavy atom. The molecular weight excluding hydrogens is 194 g/mol. The molecule has 0 aromatic rings. The van der Waals surface area contributed by atoms with Crippen LogP contribution in [0.3, 0.4) is 0 Å². The number of aliphatic carboxylic acids is 1. The molecule has 1 saturated carbocycles. The normalized spacial score (nSPS) is 27.2. The van der Waals surface area contributed by atoms with E-state index in [4.69, 9.17) is 5.11 Å². The molecule has 1 amide bonds. The first kappa shape index (κ1) is 10.5. The summed E-state index contributed by atoms with van der Waals surface area (Å²) < 4.78 is 0. The van der Waals surface area contributed by atoms with Crippen molar-refractivity contribution in [1.82, 2.24) is 4.90 Å². The number of hydrogen-bond acceptors (Lipinski definition) is 2. The van der Waals surface area contributed by atoms with Gasteiger partial charge in [-0.25, -0.2) is 4.79 Å². The minimum absolute atomic E-state index is 0.0809. The molecule has 4 nitrogen and oxygen atoms in total. The van der Waals surface area contributed by atoms with Gasteiger partial charge in [-0.2, -0.15) is 0 Å². The van der Waals surface area contributed by atoms with Crippen LogP contribution in [0.25, 0.3) is 0 Å². The van der Waals surface area contributed by atoms with E-state index < -0.39 is 12.0 Å². The molecule has 1 atom stereocenters. The van der Waals surface area contributed by atoms with E-state index in [9.17, 15) is 9.59 Å². The third-order valence-corrected chi connectivity index (χ3v) is 3.53. The molecule has 0 radical (unpaired) electrons. The van der Waals surface area contributed by atoms with E-state index in [0.717, 1.165) is 32.1 Å². The molecule has 15 heavy (non-hydrogen) atoms. The smallest absolute Gasteiger partial charge is 0.326 e. The fraction of sp³-hybridized carbons (Fsp3) is 0.818. The van der Waals surface area contributed by atoms with Crippen molar-refractivity contribution in [1.29, 1.82) is 0 Å². The van der Waals surface area contributed by atoms with Crippen molar-refractivity contribution in [3.63, 3.8) is 0 Å². The summed E-state index contributed by atoms with van der Waals surface area (Å²) in [4.78, 5) is 24.5. The van der Waals surface area contributed by atoms with Crippen LogP contribution < -0.4 is 0 Å². The lowest BCUT2D eigenvalue weighted by molar-refractivity contribution is -0.149. The number of hydrogen-bond donors (Lipinski definition) is 1. The van der Waals surface area contributed by atoms with Gasteiger partial charge in [0.2, 0.25) is 5.91 Å². The first-order valence-electron chi connectivity index (χ1n) is 5.73. The van der Waals surface area contributed by atoms with Crippen molar-refractivity contribution >= 4 is 11.9 Å². The first-order chi connectivity index (χ1) is 7.20. The van der Waals surface area contributed by atoms with Gasteiger partial charge in [0, 0.05) is 12.5 Å². The summed E-state index contributed by atoms with van der Waals surface area (Å²) in [6.45, 7) is 0.631. The zero-order valence-corrected chi connectivity index (χ0v) is 8.82. The molecule has 0 spiro atoms. The minimum atomic E-state index is -0.848. The van der Waals surface area contributed by atoms with Crippen molar-refractivity contribution in [2.75, 3.05) is 6.54 Å². The van der Waals surface area contributed by atoms with Crippen molar-refractivity contribution in [3.8, 4) is 0 Å². The third-order valence-electron chi connectivity index (χ3n) is 3.53. The maximum absolute atomic E-state index is 12.0. The van der Waals surface area contributed by atoms with E-state index in [1.807, 2.05) is 0 Å². The number of amides is 1. The maximum Gasteiger partial charge on any atom is 0.326 e. The molecule has 0 aromatic heterocycles. The Morgan fingerprint density at radius 2 is 1.73 bits per heavy atom. The van der Waals surface area contributed by atoms with Crippen molar-refractivity contribution in [2.45, 2.75) is 44.6 Å². The molecule has 1 N–H and O–H groups in total. The molecular formula is C11H17NO3. The van der Waals surface area contributed by atoms with E-state index in [1.54, 1.807) is 4.90 Å². The van der Waals surface area contributed by atoms with Gasteiger partial charge in [0.05, 0.1) is 0 Å². The van der Waals surface area contributed by atoms with Crippen LogP contribution in [0.1, 0.15) is 38.5 Å². The van der Waals surface area contributed by atoms with Crippen LogP contribution in [0.15, 0.2) is 0 Å². The van der Waals surface area contributed by atoms with Crippen LogP contribution in [0.2, 0.25) is 0 Å². The summed E-state index contributed by atoms with van der Waals surface area (Å²) in [5.74, 6) is -0.666. The largest absolute Gasteiger partial charge is 0.480 e. The van der Waals surface area contributed by atoms with Crippen molar-refractivity contribution in [3.05, 3.63) is 0 Å². The Balaban J connectivity index is 2.02. The molecule has 0 bridgehead atoms. The van der Waals surface area contributed by atoms with Crippen LogP contribution >= 0.6 is 0 Å². The van der Waals surface area contributed by atoms with Crippen LogP contribution in [-0.4, -0.2) is 34.5 Å². The van der Waals surface area contributed by atoms with Crippen LogP contribution in [-0.2, 0) is 9.59 Å². The molecule has 2 fully saturated rings. The van der Waals surface area contributed by atoms with Gasteiger partial charge in [-0.15, -0.1) is 0 Å². The first-order valence-corrected chi connectivity index (χ1v) is 5.73. The highest BCUT2D eigenvalue weighted by atomic mass is 16.4. The van der Waals surface area contributed by atoms with E-state index in [-0.39, 0.29) is 11.8 Å². The predicted molar refractivity (Wildman–Crippen MR) is 54.3 cm³/mol. The molecule has 1 saturated heterocycles. The third kappa shape index (κ3) is 1.98. The molecule has 1 unspecified atom stereocenters. The van der Waals surface area contributed by atoms with Gasteiger partial charge < -0.3 is 10.0 Å². The van der Waals surface area contributed by atoms with Gasteiger partial charge in [0.15, 0.2) is 0 Å². The summed E-state index contributed by atoms with van der Waals surface area (Å²) in [7, 11) is 0. The Hall–Kier alpha value is -1.06. The molecule has 2 aliphatic rings. The number of carbonyl (C=O) groups excluding carboxylic acids is 1. The van der Waals surface area contributed by atoms with Gasteiger partial charge in [0.1, 0.15) is 6.04 Å². The lowest BCUT2D eigenvalue weighted by atomic mass is 10.1. The Bertz CT molecular complexity index is 271. The Kier molecular flexibility index (Phi) is 2.93. The number of carboxylic acid groups (broad SMARTS) is 1. The number of rotatable bonds is 2. The highest BCUT2D eigenvalue weighted by Gasteiger charge is 2.37. The van der Waals surface area contributed by atoms with Crippen LogP contribution in [0, 0.1) is 5.92 Å². The standard InChI is InChI=1S/C11H17NO3/c13-10(8-4-1-2-5-8)12-7-3-6-9(12)11(14)15/h8-9H,1-7H2,(H,14,15). The molecule has 4 heteroatoms. The number of carboxylic acids is 1. The van der Waals surface area contributed by atoms with Gasteiger partial charge in [-0.05, 0) is 25.7 Å². The molecule has 1 heterocycles. The number of likely N-dealkylation sites (tertiary alicyclic amines) is 1. The molecule has 1 aliphatic heterocycles. The molecule has 0 aromatic carbocycles. The van der Waals surface area contributed by atoms with Crippen molar-refractivity contribution < 1.29 is 14.7 Å². The van der Waals surface area contributed by atoms with Gasteiger partial charge >= 0.3 is 5.97 Å². The quantitative estimate of drug-likeness (QED) is 0.748. The Labute approximate surface area is 89.3 Å². The second kappa shape index (κ2) is 4.21. The fourth-order valence-electron chi connectivity index (χ4n) is 2.69. The van der Waals surface area contributed by atoms with Crippen molar-refractivity contribution in [2.24, 2.45) is 5.92 Å². The summed E-state index contributed by atoms with van der Waals surface area (Å²) in [6.07, 6.45) is 5.57. The SMILES string of the molecule is O=C(O)C1CCCN1C(=O)C1CCCC1. The van der Waals surface area contributed by atoms with Gasteiger partial charge in [-0.1, -0.05) is 12.8 Å². The number of carbonyl (C=O) groups is 2. The lowest BCUT2D eigenvalue weighted by Gasteiger charge is -2.24. The summed E-state index contributed by atoms with van der Waals surface area (Å²) in [5, 5.41) is 8.98. The van der Waals surface area contributed by atoms with Gasteiger partial charge in [-0.3, -0.25) is 4.79 Å². The summed E-state index contributed by atoms with van der Waals surface area (Å²) in [5.41, 5.74) is 0. The van der Waals surface area contributed by atoms with Crippen LogP contribution in [0.4, 0.5) is 0 Å². The second-order valence-corrected chi connectivity index (χ2v) is 4.51. The maximum atomic E-state index is 12.0. The minimum Gasteiger partial charge on any atom is -0.480 e. The summed E-state index contributed by atoms with van der Waals surface area (Å²) in [6, 6.07) is -0.557. The lowest BCUT2D eigenvalue weighted by Crippen LogP contribution is -2.43. The topological polar surface area (TPSA) is 57.6 Å². The van der Waals surface area contributed by atoms with E-state index in [0.29, 0.717) is 13.0 Å². The number of nitrogens with zero attached hydrogens (tertiary/aromatic N) is 1. The summed E-state index contributed by atoms with van der Waals surface area (Å²) >= 11 is 0. The zero-order valence-electron chi connectivity index (χ0n) is 8.82. The zero-order chi connectivity index (χ0) is 10.8. The highest BCUT2D eigenvalue weighted by Crippen LogP contribution is 2.29. The average molecular weight is 211 g/mol. The van der Waals surface area contributed by atoms with Crippen LogP contribution in [0.5, 0.6) is 0 Å². The fourth-order valence-corrected chi connectivity index (χ4v) is 2.69. The monoisotopic (exact) mass is 211 g/mol. The molecule has 1 aliphatic carbocycles. The highest BCUT2D eigenvalue weighted by molar-refractivity contribution is 5.85. The predicted octanol–water partition coefficient (Wildman–Crippen LogP) is 1.25. The van der Waals surface area contributed by atoms with E-state index in [1.165, 1.54) is 0 Å². The average Bonchev–Trinajstić information content (AvgIpc) is 2.88. The van der Waals surface area contributed by atoms with E-state index >= 15 is 0 Å². The molecule has 2 rings (SSSR count). The second-order valence-electron chi connectivity index (χ2n) is 4.51.